The number of nitrogens with zero attached hydrogens (tertiary/aromatic N) is 1. The van der Waals surface area contributed by atoms with Gasteiger partial charge in [-0.15, -0.1) is 0 Å². The van der Waals surface area contributed by atoms with E-state index in [-0.39, 0.29) is 5.25 Å². The zero-order chi connectivity index (χ0) is 13.3. The highest BCUT2D eigenvalue weighted by Crippen LogP contribution is 2.27. The molecule has 1 unspecified atom stereocenters. The van der Waals surface area contributed by atoms with Crippen LogP contribution in [-0.4, -0.2) is 39.3 Å². The van der Waals surface area contributed by atoms with Crippen LogP contribution in [-0.2, 0) is 9.84 Å². The summed E-state index contributed by atoms with van der Waals surface area (Å²) >= 11 is 0. The molecule has 1 heterocycles. The fourth-order valence-corrected chi connectivity index (χ4v) is 3.31. The van der Waals surface area contributed by atoms with Crippen molar-refractivity contribution in [3.63, 3.8) is 0 Å². The molecule has 1 aromatic carbocycles. The van der Waals surface area contributed by atoms with Gasteiger partial charge in [0.2, 0.25) is 0 Å². The topological polar surface area (TPSA) is 54.5 Å². The monoisotopic (exact) mass is 267 g/mol. The summed E-state index contributed by atoms with van der Waals surface area (Å²) < 4.78 is 23.1. The minimum atomic E-state index is -3.00. The lowest BCUT2D eigenvalue weighted by atomic mass is 10.1. The van der Waals surface area contributed by atoms with Gasteiger partial charge >= 0.3 is 0 Å². The van der Waals surface area contributed by atoms with Gasteiger partial charge in [-0.05, 0) is 31.0 Å². The smallest absolute Gasteiger partial charge is 0.152 e. The van der Waals surface area contributed by atoms with Gasteiger partial charge in [0.1, 0.15) is 0 Å². The number of aldehydes is 1. The zero-order valence-corrected chi connectivity index (χ0v) is 11.4. The molecule has 98 valence electrons. The van der Waals surface area contributed by atoms with Gasteiger partial charge in [-0.2, -0.15) is 0 Å². The van der Waals surface area contributed by atoms with E-state index in [1.165, 1.54) is 6.26 Å². The molecule has 2 rings (SSSR count). The molecule has 1 aliphatic heterocycles. The predicted octanol–water partition coefficient (Wildman–Crippen LogP) is 1.43. The van der Waals surface area contributed by atoms with Crippen molar-refractivity contribution in [1.29, 1.82) is 0 Å². The van der Waals surface area contributed by atoms with Gasteiger partial charge in [0, 0.05) is 30.6 Å². The van der Waals surface area contributed by atoms with Crippen molar-refractivity contribution in [3.05, 3.63) is 29.3 Å². The Morgan fingerprint density at radius 1 is 1.39 bits per heavy atom. The molecule has 0 amide bonds. The van der Waals surface area contributed by atoms with Gasteiger partial charge in [-0.3, -0.25) is 4.79 Å². The van der Waals surface area contributed by atoms with Crippen LogP contribution < -0.4 is 4.90 Å². The number of carbonyl (C=O) groups excluding carboxylic acids is 1. The fraction of sp³-hybridized carbons (Fsp3) is 0.462. The molecule has 1 aliphatic rings. The molecule has 0 aromatic heterocycles. The fourth-order valence-electron chi connectivity index (χ4n) is 2.32. The predicted molar refractivity (Wildman–Crippen MR) is 72.0 cm³/mol. The summed E-state index contributed by atoms with van der Waals surface area (Å²) in [4.78, 5) is 13.0. The number of sulfone groups is 1. The molecular weight excluding hydrogens is 250 g/mol. The Hall–Kier alpha value is -1.36. The van der Waals surface area contributed by atoms with Gasteiger partial charge in [0.05, 0.1) is 5.25 Å². The summed E-state index contributed by atoms with van der Waals surface area (Å²) in [6.07, 6.45) is 2.73. The molecule has 0 radical (unpaired) electrons. The third-order valence-corrected chi connectivity index (χ3v) is 5.00. The number of rotatable bonds is 3. The first-order valence-corrected chi connectivity index (χ1v) is 7.87. The van der Waals surface area contributed by atoms with Crippen LogP contribution in [0.5, 0.6) is 0 Å². The lowest BCUT2D eigenvalue weighted by Crippen LogP contribution is -2.26. The van der Waals surface area contributed by atoms with E-state index in [0.717, 1.165) is 17.5 Å². The largest absolute Gasteiger partial charge is 0.370 e. The number of carbonyl (C=O) groups is 1. The molecule has 18 heavy (non-hydrogen) atoms. The van der Waals surface area contributed by atoms with Crippen molar-refractivity contribution >= 4 is 21.8 Å². The van der Waals surface area contributed by atoms with E-state index in [0.29, 0.717) is 25.1 Å². The second-order valence-corrected chi connectivity index (χ2v) is 7.19. The Morgan fingerprint density at radius 3 is 2.67 bits per heavy atom. The highest BCUT2D eigenvalue weighted by Gasteiger charge is 2.30. The van der Waals surface area contributed by atoms with Crippen molar-refractivity contribution < 1.29 is 13.2 Å². The summed E-state index contributed by atoms with van der Waals surface area (Å²) in [7, 11) is -3.00. The van der Waals surface area contributed by atoms with Crippen molar-refractivity contribution in [2.75, 3.05) is 24.2 Å². The average molecular weight is 267 g/mol. The molecule has 1 atom stereocenters. The number of anilines is 1. The van der Waals surface area contributed by atoms with Gasteiger partial charge < -0.3 is 4.90 Å². The summed E-state index contributed by atoms with van der Waals surface area (Å²) in [5, 5.41) is -0.322. The van der Waals surface area contributed by atoms with Crippen molar-refractivity contribution in [3.8, 4) is 0 Å². The molecule has 1 fully saturated rings. The lowest BCUT2D eigenvalue weighted by Gasteiger charge is -2.20. The van der Waals surface area contributed by atoms with Crippen LogP contribution in [0.15, 0.2) is 18.2 Å². The van der Waals surface area contributed by atoms with Crippen LogP contribution in [0, 0.1) is 6.92 Å². The van der Waals surface area contributed by atoms with E-state index in [9.17, 15) is 13.2 Å². The van der Waals surface area contributed by atoms with Crippen LogP contribution in [0.25, 0.3) is 0 Å². The van der Waals surface area contributed by atoms with Crippen LogP contribution in [0.2, 0.25) is 0 Å². The third kappa shape index (κ3) is 2.56. The van der Waals surface area contributed by atoms with E-state index in [1.54, 1.807) is 6.07 Å². The second kappa shape index (κ2) is 4.72. The Kier molecular flexibility index (Phi) is 3.43. The van der Waals surface area contributed by atoms with Crippen LogP contribution in [0.3, 0.4) is 0 Å². The molecular formula is C13H17NO3S. The quantitative estimate of drug-likeness (QED) is 0.777. The molecule has 0 N–H and O–H groups in total. The normalized spacial score (nSPS) is 20.1. The molecule has 0 aliphatic carbocycles. The summed E-state index contributed by atoms with van der Waals surface area (Å²) in [6, 6.07) is 5.61. The maximum atomic E-state index is 11.5. The van der Waals surface area contributed by atoms with Gasteiger partial charge in [-0.1, -0.05) is 6.07 Å². The van der Waals surface area contributed by atoms with Crippen LogP contribution in [0.1, 0.15) is 22.3 Å². The van der Waals surface area contributed by atoms with Gasteiger partial charge in [0.25, 0.3) is 0 Å². The Morgan fingerprint density at radius 2 is 2.11 bits per heavy atom. The molecule has 5 heteroatoms. The van der Waals surface area contributed by atoms with E-state index < -0.39 is 9.84 Å². The van der Waals surface area contributed by atoms with Gasteiger partial charge in [-0.25, -0.2) is 8.42 Å². The first-order valence-electron chi connectivity index (χ1n) is 5.91. The molecule has 1 aromatic rings. The summed E-state index contributed by atoms with van der Waals surface area (Å²) in [5.41, 5.74) is 2.53. The van der Waals surface area contributed by atoms with E-state index in [4.69, 9.17) is 0 Å². The molecule has 1 saturated heterocycles. The van der Waals surface area contributed by atoms with E-state index in [1.807, 2.05) is 24.0 Å². The van der Waals surface area contributed by atoms with Crippen LogP contribution >= 0.6 is 0 Å². The maximum Gasteiger partial charge on any atom is 0.152 e. The Balaban J connectivity index is 2.29. The lowest BCUT2D eigenvalue weighted by molar-refractivity contribution is 0.112. The van der Waals surface area contributed by atoms with Gasteiger partial charge in [0.15, 0.2) is 16.1 Å². The number of benzene rings is 1. The van der Waals surface area contributed by atoms with Crippen molar-refractivity contribution in [2.24, 2.45) is 0 Å². The minimum absolute atomic E-state index is 0.322. The summed E-state index contributed by atoms with van der Waals surface area (Å²) in [5.74, 6) is 0. The van der Waals surface area contributed by atoms with Crippen molar-refractivity contribution in [2.45, 2.75) is 18.6 Å². The molecule has 4 nitrogen and oxygen atoms in total. The zero-order valence-electron chi connectivity index (χ0n) is 10.6. The van der Waals surface area contributed by atoms with Crippen molar-refractivity contribution in [1.82, 2.24) is 0 Å². The first kappa shape index (κ1) is 13.1. The second-order valence-electron chi connectivity index (χ2n) is 4.87. The third-order valence-electron chi connectivity index (χ3n) is 3.40. The molecule has 0 bridgehead atoms. The van der Waals surface area contributed by atoms with Crippen LogP contribution in [0.4, 0.5) is 5.69 Å². The maximum absolute atomic E-state index is 11.5. The van der Waals surface area contributed by atoms with E-state index >= 15 is 0 Å². The Bertz CT molecular complexity index is 566. The first-order chi connectivity index (χ1) is 8.41. The number of hydrogen-bond donors (Lipinski definition) is 0. The highest BCUT2D eigenvalue weighted by atomic mass is 32.2. The molecule has 0 saturated carbocycles. The standard InChI is InChI=1S/C13H17NO3S/c1-10-3-4-11(9-15)13(7-10)14-6-5-12(8-14)18(2,16)17/h3-4,7,9,12H,5-6,8H2,1-2H3. The summed E-state index contributed by atoms with van der Waals surface area (Å²) in [6.45, 7) is 3.12. The minimum Gasteiger partial charge on any atom is -0.370 e. The Labute approximate surface area is 108 Å². The average Bonchev–Trinajstić information content (AvgIpc) is 2.77. The molecule has 0 spiro atoms. The number of aryl methyl sites for hydroxylation is 1. The highest BCUT2D eigenvalue weighted by molar-refractivity contribution is 7.91. The van der Waals surface area contributed by atoms with E-state index in [2.05, 4.69) is 0 Å². The SMILES string of the molecule is Cc1ccc(C=O)c(N2CCC(S(C)(=O)=O)C2)c1. The number of hydrogen-bond acceptors (Lipinski definition) is 4.